The Labute approximate surface area is 220 Å². The van der Waals surface area contributed by atoms with Crippen LogP contribution in [0.15, 0.2) is 56.8 Å². The second kappa shape index (κ2) is 9.83. The van der Waals surface area contributed by atoms with Crippen LogP contribution in [0.4, 0.5) is 10.1 Å². The number of imide groups is 1. The van der Waals surface area contributed by atoms with E-state index in [-0.39, 0.29) is 23.8 Å². The Morgan fingerprint density at radius 1 is 1.14 bits per heavy atom. The van der Waals surface area contributed by atoms with Crippen molar-refractivity contribution in [3.8, 4) is 5.75 Å². The number of nitrogens with zero attached hydrogens (tertiary/aromatic N) is 1. The van der Waals surface area contributed by atoms with Gasteiger partial charge in [0.05, 0.1) is 23.2 Å². The number of rotatable bonds is 6. The van der Waals surface area contributed by atoms with Gasteiger partial charge in [-0.1, -0.05) is 39.0 Å². The van der Waals surface area contributed by atoms with Crippen molar-refractivity contribution in [3.05, 3.63) is 72.9 Å². The molecule has 0 radical (unpaired) electrons. The first kappa shape index (κ1) is 24.7. The van der Waals surface area contributed by atoms with Gasteiger partial charge >= 0.3 is 10.8 Å². The maximum atomic E-state index is 13.8. The van der Waals surface area contributed by atoms with Gasteiger partial charge in [-0.3, -0.25) is 14.4 Å². The predicted molar refractivity (Wildman–Crippen MR) is 135 cm³/mol. The first-order valence-corrected chi connectivity index (χ1v) is 13.4. The van der Waals surface area contributed by atoms with Crippen LogP contribution in [0, 0.1) is 11.7 Å². The molecule has 5 rings (SSSR count). The number of hydrogen-bond acceptors (Lipinski definition) is 8. The number of benzene rings is 2. The second-order valence-corrected chi connectivity index (χ2v) is 11.1. The van der Waals surface area contributed by atoms with Crippen LogP contribution in [0.1, 0.15) is 23.3 Å². The maximum Gasteiger partial charge on any atom is 0.344 e. The highest BCUT2D eigenvalue weighted by molar-refractivity contribution is 9.10. The lowest BCUT2D eigenvalue weighted by molar-refractivity contribution is -0.145. The summed E-state index contributed by atoms with van der Waals surface area (Å²) in [6.07, 6.45) is 0. The average molecular weight is 593 g/mol. The summed E-state index contributed by atoms with van der Waals surface area (Å²) in [6, 6.07) is 10.3. The summed E-state index contributed by atoms with van der Waals surface area (Å²) in [7, 11) is 0. The molecule has 12 heteroatoms. The molecule has 2 amide bonds. The standard InChI is InChI=1S/C24H18BrFN2O6S2/c1-2-33-16(29)10-34-15-8-3-11(25)9-14(15)17-18-20(35-21-19(17)36-24(32)27-21)23(31)28(22(18)30)13-6-4-12(26)5-7-13/h3-9,17-18,20H,2,10H2,1H3,(H,27,32)/t17-,18-,20+/m0/s1. The number of nitrogens with one attached hydrogen (secondary N) is 1. The third kappa shape index (κ3) is 4.37. The average Bonchev–Trinajstić information content (AvgIpc) is 3.33. The second-order valence-electron chi connectivity index (χ2n) is 8.01. The summed E-state index contributed by atoms with van der Waals surface area (Å²) in [6.45, 7) is 1.55. The lowest BCUT2D eigenvalue weighted by Gasteiger charge is -2.31. The van der Waals surface area contributed by atoms with Crippen LogP contribution in [0.3, 0.4) is 0 Å². The molecule has 2 aromatic carbocycles. The summed E-state index contributed by atoms with van der Waals surface area (Å²) >= 11 is 5.55. The van der Waals surface area contributed by atoms with Crippen LogP contribution in [0.5, 0.6) is 5.75 Å². The third-order valence-electron chi connectivity index (χ3n) is 5.87. The monoisotopic (exact) mass is 592 g/mol. The molecule has 8 nitrogen and oxygen atoms in total. The molecule has 186 valence electrons. The Morgan fingerprint density at radius 2 is 1.89 bits per heavy atom. The molecule has 3 aromatic rings. The zero-order valence-corrected chi connectivity index (χ0v) is 21.9. The third-order valence-corrected chi connectivity index (χ3v) is 8.76. The normalized spacial score (nSPS) is 20.8. The first-order valence-electron chi connectivity index (χ1n) is 10.9. The van der Waals surface area contributed by atoms with E-state index in [4.69, 9.17) is 9.47 Å². The number of amides is 2. The van der Waals surface area contributed by atoms with E-state index in [1.54, 1.807) is 25.1 Å². The number of aromatic nitrogens is 1. The molecular weight excluding hydrogens is 575 g/mol. The molecule has 0 bridgehead atoms. The van der Waals surface area contributed by atoms with Crippen molar-refractivity contribution in [2.24, 2.45) is 5.92 Å². The van der Waals surface area contributed by atoms with Crippen molar-refractivity contribution < 1.29 is 28.2 Å². The topological polar surface area (TPSA) is 106 Å². The van der Waals surface area contributed by atoms with Gasteiger partial charge in [0.1, 0.15) is 16.8 Å². The molecule has 0 saturated carbocycles. The fourth-order valence-corrected chi connectivity index (χ4v) is 7.31. The SMILES string of the molecule is CCOC(=O)COc1ccc(Br)cc1[C@@H]1c2sc(=O)[nH]c2S[C@H]2C(=O)N(c3ccc(F)cc3)C(=O)[C@@H]12. The number of halogens is 2. The zero-order chi connectivity index (χ0) is 25.6. The zero-order valence-electron chi connectivity index (χ0n) is 18.7. The Hall–Kier alpha value is -2.96. The molecule has 2 aliphatic rings. The number of hydrogen-bond donors (Lipinski definition) is 1. The van der Waals surface area contributed by atoms with Crippen molar-refractivity contribution in [2.75, 3.05) is 18.1 Å². The fourth-order valence-electron chi connectivity index (χ4n) is 4.43. The summed E-state index contributed by atoms with van der Waals surface area (Å²) in [5.41, 5.74) is 0.813. The molecule has 0 aliphatic carbocycles. The lowest BCUT2D eigenvalue weighted by atomic mass is 9.82. The van der Waals surface area contributed by atoms with Gasteiger partial charge in [-0.25, -0.2) is 14.1 Å². The fraction of sp³-hybridized carbons (Fsp3) is 0.250. The van der Waals surface area contributed by atoms with Crippen molar-refractivity contribution in [3.63, 3.8) is 0 Å². The van der Waals surface area contributed by atoms with Crippen LogP contribution >= 0.6 is 39.0 Å². The van der Waals surface area contributed by atoms with Gasteiger partial charge in [0.2, 0.25) is 11.8 Å². The van der Waals surface area contributed by atoms with E-state index in [1.807, 2.05) is 0 Å². The van der Waals surface area contributed by atoms with Crippen LogP contribution in [-0.2, 0) is 19.1 Å². The van der Waals surface area contributed by atoms with Gasteiger partial charge < -0.3 is 14.5 Å². The molecule has 1 fully saturated rings. The number of carbonyl (C=O) groups is 3. The van der Waals surface area contributed by atoms with E-state index in [1.165, 1.54) is 24.3 Å². The molecule has 1 aromatic heterocycles. The molecule has 0 spiro atoms. The Morgan fingerprint density at radius 3 is 2.61 bits per heavy atom. The molecule has 3 atom stereocenters. The number of anilines is 1. The molecule has 3 heterocycles. The van der Waals surface area contributed by atoms with Gasteiger partial charge in [-0.2, -0.15) is 0 Å². The quantitative estimate of drug-likeness (QED) is 0.339. The van der Waals surface area contributed by atoms with Gasteiger partial charge in [0.15, 0.2) is 6.61 Å². The van der Waals surface area contributed by atoms with Crippen molar-refractivity contribution in [1.82, 2.24) is 4.98 Å². The first-order chi connectivity index (χ1) is 17.3. The van der Waals surface area contributed by atoms with E-state index in [2.05, 4.69) is 20.9 Å². The van der Waals surface area contributed by atoms with Gasteiger partial charge in [-0.15, -0.1) is 0 Å². The number of carbonyl (C=O) groups excluding carboxylic acids is 3. The Bertz CT molecular complexity index is 1420. The van der Waals surface area contributed by atoms with E-state index < -0.39 is 40.7 Å². The van der Waals surface area contributed by atoms with E-state index >= 15 is 0 Å². The van der Waals surface area contributed by atoms with Crippen LogP contribution in [0.2, 0.25) is 0 Å². The molecule has 2 aliphatic heterocycles. The maximum absolute atomic E-state index is 13.8. The van der Waals surface area contributed by atoms with Crippen LogP contribution in [0.25, 0.3) is 0 Å². The smallest absolute Gasteiger partial charge is 0.344 e. The molecular formula is C24H18BrFN2O6S2. The summed E-state index contributed by atoms with van der Waals surface area (Å²) < 4.78 is 24.9. The summed E-state index contributed by atoms with van der Waals surface area (Å²) in [4.78, 5) is 55.6. The summed E-state index contributed by atoms with van der Waals surface area (Å²) in [5.74, 6) is -3.18. The summed E-state index contributed by atoms with van der Waals surface area (Å²) in [5, 5.41) is -0.308. The number of thiazole rings is 1. The minimum absolute atomic E-state index is 0.204. The Balaban J connectivity index is 1.61. The van der Waals surface area contributed by atoms with Crippen molar-refractivity contribution in [1.29, 1.82) is 0 Å². The minimum Gasteiger partial charge on any atom is -0.482 e. The highest BCUT2D eigenvalue weighted by Crippen LogP contribution is 2.54. The number of thioether (sulfide) groups is 1. The molecule has 36 heavy (non-hydrogen) atoms. The minimum atomic E-state index is -0.856. The number of aromatic amines is 1. The molecule has 1 N–H and O–H groups in total. The van der Waals surface area contributed by atoms with E-state index in [9.17, 15) is 23.6 Å². The predicted octanol–water partition coefficient (Wildman–Crippen LogP) is 4.08. The van der Waals surface area contributed by atoms with Crippen LogP contribution < -0.4 is 14.5 Å². The van der Waals surface area contributed by atoms with Gasteiger partial charge in [0.25, 0.3) is 0 Å². The highest BCUT2D eigenvalue weighted by atomic mass is 79.9. The molecule has 0 unspecified atom stereocenters. The number of esters is 1. The highest BCUT2D eigenvalue weighted by Gasteiger charge is 2.56. The van der Waals surface area contributed by atoms with Gasteiger partial charge in [0, 0.05) is 20.8 Å². The van der Waals surface area contributed by atoms with E-state index in [0.29, 0.717) is 25.7 Å². The van der Waals surface area contributed by atoms with Crippen molar-refractivity contribution >= 4 is 62.5 Å². The number of fused-ring (bicyclic) bond motifs is 2. The van der Waals surface area contributed by atoms with Crippen LogP contribution in [-0.4, -0.2) is 41.2 Å². The number of ether oxygens (including phenoxy) is 2. The lowest BCUT2D eigenvalue weighted by Crippen LogP contribution is -2.32. The van der Waals surface area contributed by atoms with Gasteiger partial charge in [-0.05, 0) is 49.4 Å². The van der Waals surface area contributed by atoms with Crippen molar-refractivity contribution in [2.45, 2.75) is 23.1 Å². The largest absolute Gasteiger partial charge is 0.482 e. The van der Waals surface area contributed by atoms with E-state index in [0.717, 1.165) is 28.0 Å². The Kier molecular flexibility index (Phi) is 6.75. The number of H-pyrrole nitrogens is 1. The molecule has 1 saturated heterocycles.